The first-order valence-electron chi connectivity index (χ1n) is 8.71. The normalized spacial score (nSPS) is 16.2. The number of nitrogens with zero attached hydrogens (tertiary/aromatic N) is 1. The van der Waals surface area contributed by atoms with Crippen molar-refractivity contribution < 1.29 is 23.8 Å². The second-order valence-electron chi connectivity index (χ2n) is 6.58. The van der Waals surface area contributed by atoms with Crippen LogP contribution in [0.25, 0.3) is 0 Å². The van der Waals surface area contributed by atoms with Crippen molar-refractivity contribution in [3.8, 4) is 11.5 Å². The SMILES string of the molecule is Cc1cc(CNC(=O)N2CCC(C(=O)O)C2)ccc1Oc1ccc(F)cc1. The average Bonchev–Trinajstić information content (AvgIpc) is 3.14. The van der Waals surface area contributed by atoms with Gasteiger partial charge in [0.25, 0.3) is 0 Å². The topological polar surface area (TPSA) is 78.9 Å². The smallest absolute Gasteiger partial charge is 0.317 e. The number of amides is 2. The first-order valence-corrected chi connectivity index (χ1v) is 8.71. The van der Waals surface area contributed by atoms with E-state index in [9.17, 15) is 14.0 Å². The van der Waals surface area contributed by atoms with E-state index >= 15 is 0 Å². The number of carbonyl (C=O) groups excluding carboxylic acids is 1. The van der Waals surface area contributed by atoms with Crippen molar-refractivity contribution in [3.63, 3.8) is 0 Å². The first kappa shape index (κ1) is 18.7. The van der Waals surface area contributed by atoms with Crippen LogP contribution in [0, 0.1) is 18.7 Å². The highest BCUT2D eigenvalue weighted by molar-refractivity contribution is 5.77. The summed E-state index contributed by atoms with van der Waals surface area (Å²) in [6, 6.07) is 11.1. The molecule has 2 amide bonds. The lowest BCUT2D eigenvalue weighted by Gasteiger charge is -2.17. The highest BCUT2D eigenvalue weighted by Gasteiger charge is 2.30. The lowest BCUT2D eigenvalue weighted by Crippen LogP contribution is -2.38. The van der Waals surface area contributed by atoms with E-state index in [1.165, 1.54) is 17.0 Å². The molecule has 1 aliphatic heterocycles. The third kappa shape index (κ3) is 4.75. The van der Waals surface area contributed by atoms with Gasteiger partial charge in [0.05, 0.1) is 5.92 Å². The van der Waals surface area contributed by atoms with Crippen molar-refractivity contribution in [1.82, 2.24) is 10.2 Å². The quantitative estimate of drug-likeness (QED) is 0.841. The van der Waals surface area contributed by atoms with Gasteiger partial charge >= 0.3 is 12.0 Å². The van der Waals surface area contributed by atoms with Crippen LogP contribution in [0.1, 0.15) is 17.5 Å². The Labute approximate surface area is 156 Å². The van der Waals surface area contributed by atoms with Gasteiger partial charge in [0.1, 0.15) is 17.3 Å². The molecule has 3 rings (SSSR count). The van der Waals surface area contributed by atoms with Gasteiger partial charge in [-0.1, -0.05) is 12.1 Å². The predicted octanol–water partition coefficient (Wildman–Crippen LogP) is 3.54. The lowest BCUT2D eigenvalue weighted by molar-refractivity contribution is -0.141. The molecular formula is C20H21FN2O4. The minimum absolute atomic E-state index is 0.241. The minimum Gasteiger partial charge on any atom is -0.481 e. The number of aryl methyl sites for hydroxylation is 1. The van der Waals surface area contributed by atoms with Crippen molar-refractivity contribution in [2.45, 2.75) is 19.9 Å². The Morgan fingerprint density at radius 2 is 2.00 bits per heavy atom. The molecule has 7 heteroatoms. The fourth-order valence-corrected chi connectivity index (χ4v) is 3.00. The number of benzene rings is 2. The molecule has 2 aromatic rings. The number of halogens is 1. The van der Waals surface area contributed by atoms with Gasteiger partial charge in [0.15, 0.2) is 0 Å². The van der Waals surface area contributed by atoms with E-state index in [0.717, 1.165) is 11.1 Å². The van der Waals surface area contributed by atoms with E-state index in [4.69, 9.17) is 9.84 Å². The summed E-state index contributed by atoms with van der Waals surface area (Å²) in [5.74, 6) is -0.473. The summed E-state index contributed by atoms with van der Waals surface area (Å²) in [5, 5.41) is 11.8. The fraction of sp³-hybridized carbons (Fsp3) is 0.300. The zero-order valence-corrected chi connectivity index (χ0v) is 14.9. The van der Waals surface area contributed by atoms with Crippen LogP contribution in [0.4, 0.5) is 9.18 Å². The van der Waals surface area contributed by atoms with E-state index in [2.05, 4.69) is 5.32 Å². The molecule has 1 saturated heterocycles. The number of likely N-dealkylation sites (tertiary alicyclic amines) is 1. The number of carboxylic acids is 1. The number of nitrogens with one attached hydrogen (secondary N) is 1. The van der Waals surface area contributed by atoms with E-state index in [0.29, 0.717) is 31.0 Å². The summed E-state index contributed by atoms with van der Waals surface area (Å²) < 4.78 is 18.7. The number of hydrogen-bond acceptors (Lipinski definition) is 3. The van der Waals surface area contributed by atoms with Gasteiger partial charge in [-0.25, -0.2) is 9.18 Å². The standard InChI is InChI=1S/C20H21FN2O4/c1-13-10-14(2-7-18(13)27-17-5-3-16(21)4-6-17)11-22-20(26)23-9-8-15(12-23)19(24)25/h2-7,10,15H,8-9,11-12H2,1H3,(H,22,26)(H,24,25). The Kier molecular flexibility index (Phi) is 5.59. The van der Waals surface area contributed by atoms with Crippen molar-refractivity contribution in [3.05, 3.63) is 59.4 Å². The van der Waals surface area contributed by atoms with Crippen LogP contribution < -0.4 is 10.1 Å². The Hall–Kier alpha value is -3.09. The van der Waals surface area contributed by atoms with Crippen LogP contribution in [0.3, 0.4) is 0 Å². The second kappa shape index (κ2) is 8.07. The largest absolute Gasteiger partial charge is 0.481 e. The van der Waals surface area contributed by atoms with Gasteiger partial charge in [0, 0.05) is 19.6 Å². The van der Waals surface area contributed by atoms with Gasteiger partial charge in [-0.2, -0.15) is 0 Å². The molecule has 1 atom stereocenters. The molecule has 1 aliphatic rings. The molecule has 142 valence electrons. The molecule has 1 unspecified atom stereocenters. The van der Waals surface area contributed by atoms with Gasteiger partial charge in [-0.15, -0.1) is 0 Å². The number of carboxylic acid groups (broad SMARTS) is 1. The highest BCUT2D eigenvalue weighted by Crippen LogP contribution is 2.26. The van der Waals surface area contributed by atoms with E-state index in [1.807, 2.05) is 19.1 Å². The van der Waals surface area contributed by atoms with Crippen molar-refractivity contribution in [2.24, 2.45) is 5.92 Å². The molecule has 0 aliphatic carbocycles. The average molecular weight is 372 g/mol. The van der Waals surface area contributed by atoms with Crippen LogP contribution in [-0.2, 0) is 11.3 Å². The Morgan fingerprint density at radius 1 is 1.26 bits per heavy atom. The fourth-order valence-electron chi connectivity index (χ4n) is 3.00. The van der Waals surface area contributed by atoms with Gasteiger partial charge in [0.2, 0.25) is 0 Å². The zero-order valence-electron chi connectivity index (χ0n) is 14.9. The number of rotatable bonds is 5. The van der Waals surface area contributed by atoms with E-state index in [-0.39, 0.29) is 18.4 Å². The molecule has 1 fully saturated rings. The summed E-state index contributed by atoms with van der Waals surface area (Å²) in [5.41, 5.74) is 1.79. The number of ether oxygens (including phenoxy) is 1. The maximum absolute atomic E-state index is 13.0. The summed E-state index contributed by atoms with van der Waals surface area (Å²) in [6.07, 6.45) is 0.483. The highest BCUT2D eigenvalue weighted by atomic mass is 19.1. The van der Waals surface area contributed by atoms with Crippen LogP contribution in [0.15, 0.2) is 42.5 Å². The van der Waals surface area contributed by atoms with Crippen LogP contribution in [-0.4, -0.2) is 35.1 Å². The van der Waals surface area contributed by atoms with Crippen LogP contribution in [0.5, 0.6) is 11.5 Å². The third-order valence-corrected chi connectivity index (χ3v) is 4.55. The number of hydrogen-bond donors (Lipinski definition) is 2. The van der Waals surface area contributed by atoms with E-state index < -0.39 is 11.9 Å². The summed E-state index contributed by atoms with van der Waals surface area (Å²) >= 11 is 0. The maximum Gasteiger partial charge on any atom is 0.317 e. The van der Waals surface area contributed by atoms with Crippen LogP contribution >= 0.6 is 0 Å². The molecular weight excluding hydrogens is 351 g/mol. The Bertz CT molecular complexity index is 838. The summed E-state index contributed by atoms with van der Waals surface area (Å²) in [6.45, 7) is 2.92. The maximum atomic E-state index is 13.0. The molecule has 0 aromatic heterocycles. The molecule has 0 spiro atoms. The molecule has 2 N–H and O–H groups in total. The number of urea groups is 1. The monoisotopic (exact) mass is 372 g/mol. The van der Waals surface area contributed by atoms with Crippen molar-refractivity contribution in [1.29, 1.82) is 0 Å². The second-order valence-corrected chi connectivity index (χ2v) is 6.58. The number of carbonyl (C=O) groups is 2. The molecule has 1 heterocycles. The Morgan fingerprint density at radius 3 is 2.63 bits per heavy atom. The summed E-state index contributed by atoms with van der Waals surface area (Å²) in [7, 11) is 0. The van der Waals surface area contributed by atoms with Gasteiger partial charge in [-0.3, -0.25) is 4.79 Å². The van der Waals surface area contributed by atoms with E-state index in [1.54, 1.807) is 18.2 Å². The first-order chi connectivity index (χ1) is 12.9. The predicted molar refractivity (Wildman–Crippen MR) is 97.2 cm³/mol. The summed E-state index contributed by atoms with van der Waals surface area (Å²) in [4.78, 5) is 24.7. The van der Waals surface area contributed by atoms with Crippen molar-refractivity contribution >= 4 is 12.0 Å². The third-order valence-electron chi connectivity index (χ3n) is 4.55. The van der Waals surface area contributed by atoms with Gasteiger partial charge < -0.3 is 20.1 Å². The lowest BCUT2D eigenvalue weighted by atomic mass is 10.1. The molecule has 0 bridgehead atoms. The van der Waals surface area contributed by atoms with Crippen molar-refractivity contribution in [2.75, 3.05) is 13.1 Å². The van der Waals surface area contributed by atoms with Crippen LogP contribution in [0.2, 0.25) is 0 Å². The van der Waals surface area contributed by atoms with Gasteiger partial charge in [-0.05, 0) is 54.8 Å². The molecule has 0 radical (unpaired) electrons. The minimum atomic E-state index is -0.863. The molecule has 0 saturated carbocycles. The molecule has 6 nitrogen and oxygen atoms in total. The molecule has 27 heavy (non-hydrogen) atoms. The Balaban J connectivity index is 1.55. The molecule has 2 aromatic carbocycles. The zero-order chi connectivity index (χ0) is 19.4. The number of aliphatic carboxylic acids is 1.